The summed E-state index contributed by atoms with van der Waals surface area (Å²) in [4.78, 5) is 27.5. The maximum Gasteiger partial charge on any atom is 0.231 e. The molecule has 2 heterocycles. The molecule has 1 aromatic carbocycles. The van der Waals surface area contributed by atoms with E-state index in [4.69, 9.17) is 11.6 Å². The molecule has 1 aromatic heterocycles. The van der Waals surface area contributed by atoms with Crippen molar-refractivity contribution in [2.75, 3.05) is 11.9 Å². The minimum absolute atomic E-state index is 0.0686. The molecule has 0 aliphatic carbocycles. The molecule has 1 aliphatic heterocycles. The number of carbonyl (C=O) groups excluding carboxylic acids is 2. The van der Waals surface area contributed by atoms with Gasteiger partial charge in [-0.2, -0.15) is 0 Å². The molecule has 0 fully saturated rings. The Kier molecular flexibility index (Phi) is 4.87. The van der Waals surface area contributed by atoms with Gasteiger partial charge in [-0.3, -0.25) is 9.59 Å². The molecule has 2 amide bonds. The van der Waals surface area contributed by atoms with Crippen molar-refractivity contribution in [1.82, 2.24) is 4.90 Å². The monoisotopic (exact) mass is 366 g/mol. The number of nitrogens with zero attached hydrogens (tertiary/aromatic N) is 1. The summed E-state index contributed by atoms with van der Waals surface area (Å²) in [6.45, 7) is 2.85. The second kappa shape index (κ2) is 6.91. The zero-order valence-electron chi connectivity index (χ0n) is 13.0. The molecular formula is C17H16ClFN2O2S. The zero-order chi connectivity index (χ0) is 17.3. The van der Waals surface area contributed by atoms with E-state index in [2.05, 4.69) is 5.32 Å². The lowest BCUT2D eigenvalue weighted by Crippen LogP contribution is -2.38. The molecule has 0 spiro atoms. The fourth-order valence-electron chi connectivity index (χ4n) is 2.85. The molecule has 1 aliphatic rings. The van der Waals surface area contributed by atoms with E-state index in [9.17, 15) is 14.0 Å². The number of anilines is 1. The van der Waals surface area contributed by atoms with Crippen molar-refractivity contribution in [2.45, 2.75) is 25.8 Å². The molecule has 0 saturated heterocycles. The number of rotatable bonds is 4. The highest BCUT2D eigenvalue weighted by Crippen LogP contribution is 2.34. The number of amides is 2. The number of fused-ring (bicyclic) bond motifs is 1. The lowest BCUT2D eigenvalue weighted by atomic mass is 9.89. The predicted molar refractivity (Wildman–Crippen MR) is 92.8 cm³/mol. The quantitative estimate of drug-likeness (QED) is 0.888. The molecule has 0 saturated carbocycles. The van der Waals surface area contributed by atoms with Crippen LogP contribution in [0.4, 0.5) is 10.1 Å². The van der Waals surface area contributed by atoms with Crippen molar-refractivity contribution in [3.05, 3.63) is 50.9 Å². The Labute approximate surface area is 148 Å². The Morgan fingerprint density at radius 3 is 2.88 bits per heavy atom. The second-order valence-electron chi connectivity index (χ2n) is 5.59. The van der Waals surface area contributed by atoms with E-state index in [0.717, 1.165) is 4.88 Å². The van der Waals surface area contributed by atoms with Crippen LogP contribution in [0.2, 0.25) is 4.34 Å². The van der Waals surface area contributed by atoms with E-state index in [1.165, 1.54) is 23.5 Å². The number of likely N-dealkylation sites (N-methyl/N-ethyl adjacent to an activating group) is 1. The highest BCUT2D eigenvalue weighted by atomic mass is 35.5. The molecule has 2 aromatic rings. The van der Waals surface area contributed by atoms with Crippen molar-refractivity contribution in [1.29, 1.82) is 0 Å². The van der Waals surface area contributed by atoms with Crippen LogP contribution in [0.25, 0.3) is 0 Å². The third kappa shape index (κ3) is 3.44. The summed E-state index contributed by atoms with van der Waals surface area (Å²) in [6.07, 6.45) is 0.0686. The van der Waals surface area contributed by atoms with Crippen LogP contribution in [-0.2, 0) is 16.1 Å². The first-order valence-corrected chi connectivity index (χ1v) is 8.79. The maximum absolute atomic E-state index is 13.4. The largest absolute Gasteiger partial charge is 0.337 e. The summed E-state index contributed by atoms with van der Waals surface area (Å²) < 4.78 is 14.1. The van der Waals surface area contributed by atoms with E-state index in [1.807, 2.05) is 13.0 Å². The summed E-state index contributed by atoms with van der Waals surface area (Å²) in [7, 11) is 0. The van der Waals surface area contributed by atoms with E-state index in [-0.39, 0.29) is 18.2 Å². The minimum Gasteiger partial charge on any atom is -0.337 e. The van der Waals surface area contributed by atoms with Crippen LogP contribution in [0.3, 0.4) is 0 Å². The highest BCUT2D eigenvalue weighted by Gasteiger charge is 2.33. The van der Waals surface area contributed by atoms with Crippen molar-refractivity contribution >= 4 is 40.4 Å². The molecule has 1 N–H and O–H groups in total. The molecule has 1 atom stereocenters. The topological polar surface area (TPSA) is 49.4 Å². The number of carbonyl (C=O) groups is 2. The summed E-state index contributed by atoms with van der Waals surface area (Å²) in [5.41, 5.74) is 1.03. The second-order valence-corrected chi connectivity index (χ2v) is 7.39. The molecule has 7 heteroatoms. The SMILES string of the molecule is CCN(Cc1ccc(Cl)s1)C(=O)[C@H]1CC(=O)Nc2cc(F)ccc21. The van der Waals surface area contributed by atoms with Gasteiger partial charge in [-0.25, -0.2) is 4.39 Å². The summed E-state index contributed by atoms with van der Waals surface area (Å²) in [5, 5.41) is 2.63. The molecule has 126 valence electrons. The van der Waals surface area contributed by atoms with Gasteiger partial charge in [-0.1, -0.05) is 17.7 Å². The normalized spacial score (nSPS) is 16.5. The summed E-state index contributed by atoms with van der Waals surface area (Å²) >= 11 is 7.37. The first-order valence-electron chi connectivity index (χ1n) is 7.60. The lowest BCUT2D eigenvalue weighted by Gasteiger charge is -2.30. The van der Waals surface area contributed by atoms with Crippen LogP contribution in [0, 0.1) is 5.82 Å². The van der Waals surface area contributed by atoms with E-state index < -0.39 is 11.7 Å². The van der Waals surface area contributed by atoms with Gasteiger partial charge in [0, 0.05) is 23.5 Å². The lowest BCUT2D eigenvalue weighted by molar-refractivity contribution is -0.135. The zero-order valence-corrected chi connectivity index (χ0v) is 14.6. The third-order valence-corrected chi connectivity index (χ3v) is 5.24. The van der Waals surface area contributed by atoms with Gasteiger partial charge in [-0.15, -0.1) is 11.3 Å². The Hall–Kier alpha value is -1.92. The first kappa shape index (κ1) is 16.9. The van der Waals surface area contributed by atoms with Gasteiger partial charge in [0.1, 0.15) is 5.82 Å². The maximum atomic E-state index is 13.4. The molecule has 24 heavy (non-hydrogen) atoms. The van der Waals surface area contributed by atoms with E-state index >= 15 is 0 Å². The van der Waals surface area contributed by atoms with Crippen molar-refractivity contribution in [3.63, 3.8) is 0 Å². The fourth-order valence-corrected chi connectivity index (χ4v) is 3.95. The Morgan fingerprint density at radius 2 is 2.21 bits per heavy atom. The average Bonchev–Trinajstić information content (AvgIpc) is 2.95. The Morgan fingerprint density at radius 1 is 1.42 bits per heavy atom. The van der Waals surface area contributed by atoms with Gasteiger partial charge >= 0.3 is 0 Å². The molecule has 0 bridgehead atoms. The Bertz CT molecular complexity index is 793. The van der Waals surface area contributed by atoms with Crippen LogP contribution in [0.15, 0.2) is 30.3 Å². The number of thiophene rings is 1. The third-order valence-electron chi connectivity index (χ3n) is 4.02. The number of halogens is 2. The molecular weight excluding hydrogens is 351 g/mol. The molecule has 3 rings (SSSR count). The number of hydrogen-bond acceptors (Lipinski definition) is 3. The smallest absolute Gasteiger partial charge is 0.231 e. The molecule has 0 unspecified atom stereocenters. The number of nitrogens with one attached hydrogen (secondary N) is 1. The predicted octanol–water partition coefficient (Wildman–Crippen LogP) is 4.02. The number of benzene rings is 1. The van der Waals surface area contributed by atoms with Crippen LogP contribution in [0.5, 0.6) is 0 Å². The molecule has 0 radical (unpaired) electrons. The van der Waals surface area contributed by atoms with Crippen molar-refractivity contribution in [3.8, 4) is 0 Å². The van der Waals surface area contributed by atoms with Gasteiger partial charge in [0.2, 0.25) is 11.8 Å². The Balaban J connectivity index is 1.86. The van der Waals surface area contributed by atoms with Crippen LogP contribution < -0.4 is 5.32 Å². The average molecular weight is 367 g/mol. The van der Waals surface area contributed by atoms with E-state index in [1.54, 1.807) is 17.0 Å². The van der Waals surface area contributed by atoms with Crippen LogP contribution >= 0.6 is 22.9 Å². The van der Waals surface area contributed by atoms with Crippen LogP contribution in [0.1, 0.15) is 29.7 Å². The van der Waals surface area contributed by atoms with Gasteiger partial charge in [-0.05, 0) is 36.8 Å². The fraction of sp³-hybridized carbons (Fsp3) is 0.294. The van der Waals surface area contributed by atoms with Crippen molar-refractivity contribution < 1.29 is 14.0 Å². The summed E-state index contributed by atoms with van der Waals surface area (Å²) in [6, 6.07) is 7.82. The minimum atomic E-state index is -0.593. The summed E-state index contributed by atoms with van der Waals surface area (Å²) in [5.74, 6) is -1.45. The van der Waals surface area contributed by atoms with Gasteiger partial charge < -0.3 is 10.2 Å². The van der Waals surface area contributed by atoms with E-state index in [0.29, 0.717) is 28.7 Å². The van der Waals surface area contributed by atoms with Gasteiger partial charge in [0.05, 0.1) is 16.8 Å². The van der Waals surface area contributed by atoms with Crippen molar-refractivity contribution in [2.24, 2.45) is 0 Å². The highest BCUT2D eigenvalue weighted by molar-refractivity contribution is 7.16. The van der Waals surface area contributed by atoms with Crippen LogP contribution in [-0.4, -0.2) is 23.3 Å². The molecule has 4 nitrogen and oxygen atoms in total. The first-order chi connectivity index (χ1) is 11.5. The standard InChI is InChI=1S/C17H16ClFN2O2S/c1-2-21(9-11-4-6-15(18)24-11)17(23)13-8-16(22)20-14-7-10(19)3-5-12(13)14/h3-7,13H,2,8-9H2,1H3,(H,20,22)/t13-/m0/s1. The van der Waals surface area contributed by atoms with Gasteiger partial charge in [0.15, 0.2) is 0 Å². The van der Waals surface area contributed by atoms with Gasteiger partial charge in [0.25, 0.3) is 0 Å². The number of hydrogen-bond donors (Lipinski definition) is 1.